The Morgan fingerprint density at radius 3 is 2.42 bits per heavy atom. The van der Waals surface area contributed by atoms with Crippen LogP contribution < -0.4 is 14.4 Å². The van der Waals surface area contributed by atoms with Gasteiger partial charge in [0.25, 0.3) is 0 Å². The van der Waals surface area contributed by atoms with Crippen molar-refractivity contribution in [3.63, 3.8) is 0 Å². The molecule has 3 rings (SSSR count). The maximum atomic E-state index is 10.4. The van der Waals surface area contributed by atoms with Crippen molar-refractivity contribution in [2.24, 2.45) is 0 Å². The van der Waals surface area contributed by atoms with Gasteiger partial charge in [-0.1, -0.05) is 24.3 Å². The quantitative estimate of drug-likeness (QED) is 0.525. The number of hydrogen-bond donors (Lipinski definition) is 2. The van der Waals surface area contributed by atoms with Crippen molar-refractivity contribution in [2.45, 2.75) is 20.4 Å². The van der Waals surface area contributed by atoms with Gasteiger partial charge in [0, 0.05) is 0 Å². The number of ether oxygens (including phenoxy) is 2. The standard InChI is InChI=1S/C24H30N4O3/c1-5-27(6-2)15-16-28-24(19-9-7-8-10-20(19)29)25-23(26-28)14-12-18-11-13-21(30-3)22(17-18)31-4/h7-14,17,29H,5-6,15-16H2,1-4H3/p+1/b14-12+. The summed E-state index contributed by atoms with van der Waals surface area (Å²) in [5.74, 6) is 2.80. The first-order chi connectivity index (χ1) is 15.1. The van der Waals surface area contributed by atoms with Gasteiger partial charge in [-0.25, -0.2) is 9.67 Å². The van der Waals surface area contributed by atoms with E-state index in [1.54, 1.807) is 26.4 Å². The predicted octanol–water partition coefficient (Wildman–Crippen LogP) is 2.76. The molecule has 0 radical (unpaired) electrons. The number of hydrogen-bond acceptors (Lipinski definition) is 5. The highest BCUT2D eigenvalue weighted by atomic mass is 16.5. The van der Waals surface area contributed by atoms with Crippen LogP contribution in [0.5, 0.6) is 17.2 Å². The molecule has 0 unspecified atom stereocenters. The average molecular weight is 424 g/mol. The van der Waals surface area contributed by atoms with Crippen LogP contribution in [0.1, 0.15) is 25.2 Å². The average Bonchev–Trinajstić information content (AvgIpc) is 3.21. The molecule has 3 aromatic rings. The molecule has 0 saturated heterocycles. The molecule has 1 aromatic heterocycles. The lowest BCUT2D eigenvalue weighted by Crippen LogP contribution is -3.11. The van der Waals surface area contributed by atoms with Crippen LogP contribution in [0.3, 0.4) is 0 Å². The maximum Gasteiger partial charge on any atom is 0.174 e. The topological polar surface area (TPSA) is 73.8 Å². The lowest BCUT2D eigenvalue weighted by atomic mass is 10.2. The number of nitrogens with zero attached hydrogens (tertiary/aromatic N) is 3. The Kier molecular flexibility index (Phi) is 7.67. The van der Waals surface area contributed by atoms with Crippen molar-refractivity contribution >= 4 is 12.2 Å². The normalized spacial score (nSPS) is 11.4. The first kappa shape index (κ1) is 22.4. The summed E-state index contributed by atoms with van der Waals surface area (Å²) in [7, 11) is 3.23. The number of rotatable bonds is 10. The Bertz CT molecular complexity index is 1030. The second kappa shape index (κ2) is 10.6. The molecule has 164 valence electrons. The van der Waals surface area contributed by atoms with Gasteiger partial charge in [-0.05, 0) is 49.8 Å². The number of phenols is 1. The zero-order valence-electron chi connectivity index (χ0n) is 18.6. The van der Waals surface area contributed by atoms with E-state index in [1.807, 2.05) is 47.2 Å². The number of nitrogens with one attached hydrogen (secondary N) is 1. The van der Waals surface area contributed by atoms with Crippen LogP contribution in [0, 0.1) is 0 Å². The minimum Gasteiger partial charge on any atom is -0.507 e. The summed E-state index contributed by atoms with van der Waals surface area (Å²) in [6.45, 7) is 8.14. The van der Waals surface area contributed by atoms with Crippen LogP contribution in [-0.4, -0.2) is 53.7 Å². The van der Waals surface area contributed by atoms with Crippen molar-refractivity contribution in [2.75, 3.05) is 33.9 Å². The Labute approximate surface area is 183 Å². The molecule has 7 nitrogen and oxygen atoms in total. The monoisotopic (exact) mass is 423 g/mol. The summed E-state index contributed by atoms with van der Waals surface area (Å²) < 4.78 is 12.6. The van der Waals surface area contributed by atoms with Gasteiger partial charge in [0.15, 0.2) is 23.1 Å². The fraction of sp³-hybridized carbons (Fsp3) is 0.333. The molecule has 0 fully saturated rings. The molecule has 0 aliphatic heterocycles. The lowest BCUT2D eigenvalue weighted by molar-refractivity contribution is -0.897. The molecule has 0 amide bonds. The van der Waals surface area contributed by atoms with Crippen LogP contribution in [0.15, 0.2) is 42.5 Å². The number of phenolic OH excluding ortho intramolecular Hbond substituents is 1. The zero-order valence-corrected chi connectivity index (χ0v) is 18.6. The van der Waals surface area contributed by atoms with Crippen molar-refractivity contribution in [3.8, 4) is 28.6 Å². The minimum absolute atomic E-state index is 0.196. The van der Waals surface area contributed by atoms with E-state index in [4.69, 9.17) is 19.6 Å². The molecular formula is C24H31N4O3+. The summed E-state index contributed by atoms with van der Waals surface area (Å²) in [6.07, 6.45) is 3.80. The first-order valence-electron chi connectivity index (χ1n) is 10.6. The Morgan fingerprint density at radius 1 is 1.00 bits per heavy atom. The highest BCUT2D eigenvalue weighted by Gasteiger charge is 2.15. The van der Waals surface area contributed by atoms with Gasteiger partial charge in [0.1, 0.15) is 5.75 Å². The van der Waals surface area contributed by atoms with Gasteiger partial charge in [0.2, 0.25) is 0 Å². The van der Waals surface area contributed by atoms with Crippen LogP contribution in [-0.2, 0) is 6.54 Å². The SMILES string of the molecule is CC[NH+](CC)CCn1nc(/C=C/c2ccc(OC)c(OC)c2)nc1-c1ccccc1O. The van der Waals surface area contributed by atoms with E-state index in [0.29, 0.717) is 28.7 Å². The lowest BCUT2D eigenvalue weighted by Gasteiger charge is -2.15. The summed E-state index contributed by atoms with van der Waals surface area (Å²) in [4.78, 5) is 6.19. The van der Waals surface area contributed by atoms with E-state index in [9.17, 15) is 5.11 Å². The fourth-order valence-corrected chi connectivity index (χ4v) is 3.44. The Hall–Kier alpha value is -3.32. The van der Waals surface area contributed by atoms with E-state index < -0.39 is 0 Å². The maximum absolute atomic E-state index is 10.4. The first-order valence-corrected chi connectivity index (χ1v) is 10.6. The van der Waals surface area contributed by atoms with Crippen molar-refractivity contribution in [1.29, 1.82) is 0 Å². The van der Waals surface area contributed by atoms with Crippen molar-refractivity contribution < 1.29 is 19.5 Å². The zero-order chi connectivity index (χ0) is 22.2. The number of quaternary nitrogens is 1. The van der Waals surface area contributed by atoms with Gasteiger partial charge in [0.05, 0.1) is 46.0 Å². The minimum atomic E-state index is 0.196. The van der Waals surface area contributed by atoms with Crippen LogP contribution in [0.25, 0.3) is 23.5 Å². The number of benzene rings is 2. The number of aromatic nitrogens is 3. The van der Waals surface area contributed by atoms with Crippen LogP contribution in [0.2, 0.25) is 0 Å². The summed E-state index contributed by atoms with van der Waals surface area (Å²) >= 11 is 0. The molecule has 7 heteroatoms. The highest BCUT2D eigenvalue weighted by molar-refractivity contribution is 5.70. The van der Waals surface area contributed by atoms with Crippen LogP contribution >= 0.6 is 0 Å². The molecular weight excluding hydrogens is 392 g/mol. The highest BCUT2D eigenvalue weighted by Crippen LogP contribution is 2.29. The van der Waals surface area contributed by atoms with Gasteiger partial charge in [-0.15, -0.1) is 0 Å². The number of likely N-dealkylation sites (N-methyl/N-ethyl adjacent to an activating group) is 1. The molecule has 1 heterocycles. The molecule has 0 aliphatic rings. The molecule has 0 saturated carbocycles. The smallest absolute Gasteiger partial charge is 0.174 e. The third-order valence-corrected chi connectivity index (χ3v) is 5.34. The van der Waals surface area contributed by atoms with E-state index in [1.165, 1.54) is 4.90 Å². The second-order valence-corrected chi connectivity index (χ2v) is 7.19. The van der Waals surface area contributed by atoms with E-state index in [0.717, 1.165) is 31.7 Å². The largest absolute Gasteiger partial charge is 0.507 e. The van der Waals surface area contributed by atoms with E-state index in [-0.39, 0.29) is 5.75 Å². The van der Waals surface area contributed by atoms with Crippen molar-refractivity contribution in [1.82, 2.24) is 14.8 Å². The second-order valence-electron chi connectivity index (χ2n) is 7.19. The summed E-state index contributed by atoms with van der Waals surface area (Å²) in [5.41, 5.74) is 1.63. The molecule has 2 aromatic carbocycles. The molecule has 0 atom stereocenters. The van der Waals surface area contributed by atoms with Crippen molar-refractivity contribution in [3.05, 3.63) is 53.9 Å². The van der Waals surface area contributed by atoms with Gasteiger partial charge < -0.3 is 19.5 Å². The molecule has 31 heavy (non-hydrogen) atoms. The predicted molar refractivity (Wildman–Crippen MR) is 123 cm³/mol. The van der Waals surface area contributed by atoms with E-state index >= 15 is 0 Å². The molecule has 2 N–H and O–H groups in total. The third kappa shape index (κ3) is 5.44. The Morgan fingerprint density at radius 2 is 1.74 bits per heavy atom. The third-order valence-electron chi connectivity index (χ3n) is 5.34. The van der Waals surface area contributed by atoms with E-state index in [2.05, 4.69) is 13.8 Å². The summed E-state index contributed by atoms with van der Waals surface area (Å²) in [5, 5.41) is 15.1. The number of methoxy groups -OCH3 is 2. The number of aromatic hydroxyl groups is 1. The van der Waals surface area contributed by atoms with Gasteiger partial charge >= 0.3 is 0 Å². The molecule has 0 spiro atoms. The fourth-order valence-electron chi connectivity index (χ4n) is 3.44. The molecule has 0 bridgehead atoms. The number of para-hydroxylation sites is 1. The Balaban J connectivity index is 1.91. The van der Waals surface area contributed by atoms with Gasteiger partial charge in [-0.2, -0.15) is 5.10 Å². The van der Waals surface area contributed by atoms with Gasteiger partial charge in [-0.3, -0.25) is 0 Å². The summed E-state index contributed by atoms with van der Waals surface area (Å²) in [6, 6.07) is 12.9. The van der Waals surface area contributed by atoms with Crippen LogP contribution in [0.4, 0.5) is 0 Å². The molecule has 0 aliphatic carbocycles.